The van der Waals surface area contributed by atoms with Crippen LogP contribution in [0, 0.1) is 18.3 Å². The zero-order valence-corrected chi connectivity index (χ0v) is 11.1. The number of rotatable bonds is 4. The number of thiazole rings is 1. The Morgan fingerprint density at radius 1 is 1.41 bits per heavy atom. The molecule has 0 aliphatic carbocycles. The topological polar surface area (TPSA) is 36.7 Å². The van der Waals surface area contributed by atoms with Gasteiger partial charge in [0.25, 0.3) is 0 Å². The van der Waals surface area contributed by atoms with Crippen LogP contribution in [0.3, 0.4) is 0 Å². The Bertz CT molecular complexity index is 514. The highest BCUT2D eigenvalue weighted by Crippen LogP contribution is 2.28. The van der Waals surface area contributed by atoms with Crippen molar-refractivity contribution in [1.29, 1.82) is 5.26 Å². The van der Waals surface area contributed by atoms with Gasteiger partial charge in [-0.05, 0) is 12.5 Å². The number of aryl methyl sites for hydroxylation is 1. The molecule has 86 valence electrons. The van der Waals surface area contributed by atoms with Crippen LogP contribution in [0.4, 0.5) is 0 Å². The second-order valence-corrected chi connectivity index (χ2v) is 5.78. The van der Waals surface area contributed by atoms with E-state index in [1.54, 1.807) is 23.1 Å². The Balaban J connectivity index is 2.00. The molecule has 0 amide bonds. The minimum absolute atomic E-state index is 0.0644. The van der Waals surface area contributed by atoms with Crippen LogP contribution in [0.15, 0.2) is 40.1 Å². The Morgan fingerprint density at radius 2 is 2.18 bits per heavy atom. The molecule has 1 aromatic heterocycles. The molecule has 17 heavy (non-hydrogen) atoms. The van der Waals surface area contributed by atoms with Crippen molar-refractivity contribution in [2.24, 2.45) is 0 Å². The summed E-state index contributed by atoms with van der Waals surface area (Å²) in [5.74, 6) is 0.693. The van der Waals surface area contributed by atoms with E-state index in [9.17, 15) is 5.26 Å². The van der Waals surface area contributed by atoms with E-state index in [4.69, 9.17) is 0 Å². The van der Waals surface area contributed by atoms with E-state index in [-0.39, 0.29) is 5.92 Å². The van der Waals surface area contributed by atoms with Crippen molar-refractivity contribution in [3.8, 4) is 6.07 Å². The normalized spacial score (nSPS) is 12.0. The number of thioether (sulfide) groups is 1. The standard InChI is InChI=1S/C13H12N2S2/c1-10-8-16-13(15-10)17-9-12(7-14)11-5-3-2-4-6-11/h2-6,8,12H,9H2,1H3. The number of benzene rings is 1. The van der Waals surface area contributed by atoms with Crippen molar-refractivity contribution in [2.45, 2.75) is 17.2 Å². The second kappa shape index (κ2) is 5.85. The highest BCUT2D eigenvalue weighted by molar-refractivity contribution is 8.01. The number of aromatic nitrogens is 1. The number of nitriles is 1. The van der Waals surface area contributed by atoms with Gasteiger partial charge < -0.3 is 0 Å². The van der Waals surface area contributed by atoms with Gasteiger partial charge in [-0.2, -0.15) is 5.26 Å². The summed E-state index contributed by atoms with van der Waals surface area (Å²) in [4.78, 5) is 4.38. The summed E-state index contributed by atoms with van der Waals surface area (Å²) in [6.07, 6.45) is 0. The van der Waals surface area contributed by atoms with E-state index in [1.165, 1.54) is 0 Å². The van der Waals surface area contributed by atoms with Gasteiger partial charge in [0.05, 0.1) is 12.0 Å². The average Bonchev–Trinajstić information content (AvgIpc) is 2.77. The summed E-state index contributed by atoms with van der Waals surface area (Å²) in [6, 6.07) is 12.3. The lowest BCUT2D eigenvalue weighted by atomic mass is 10.0. The van der Waals surface area contributed by atoms with Crippen LogP contribution in [0.2, 0.25) is 0 Å². The van der Waals surface area contributed by atoms with Gasteiger partial charge in [0.2, 0.25) is 0 Å². The van der Waals surface area contributed by atoms with E-state index in [1.807, 2.05) is 42.6 Å². The fraction of sp³-hybridized carbons (Fsp3) is 0.231. The van der Waals surface area contributed by atoms with Gasteiger partial charge in [0, 0.05) is 16.8 Å². The Labute approximate surface area is 109 Å². The Hall–Kier alpha value is -1.31. The largest absolute Gasteiger partial charge is 0.235 e. The van der Waals surface area contributed by atoms with Crippen LogP contribution in [-0.2, 0) is 0 Å². The second-order valence-electron chi connectivity index (χ2n) is 3.66. The van der Waals surface area contributed by atoms with Crippen LogP contribution in [0.5, 0.6) is 0 Å². The summed E-state index contributed by atoms with van der Waals surface area (Å²) < 4.78 is 1.04. The SMILES string of the molecule is Cc1csc(SCC(C#N)c2ccccc2)n1. The molecule has 0 spiro atoms. The predicted molar refractivity (Wildman–Crippen MR) is 72.4 cm³/mol. The van der Waals surface area contributed by atoms with Crippen molar-refractivity contribution >= 4 is 23.1 Å². The van der Waals surface area contributed by atoms with Gasteiger partial charge in [-0.3, -0.25) is 0 Å². The first kappa shape index (κ1) is 12.2. The summed E-state index contributed by atoms with van der Waals surface area (Å²) in [6.45, 7) is 1.99. The van der Waals surface area contributed by atoms with Crippen LogP contribution in [-0.4, -0.2) is 10.7 Å². The third kappa shape index (κ3) is 3.32. The molecule has 1 aromatic carbocycles. The lowest BCUT2D eigenvalue weighted by molar-refractivity contribution is 0.994. The maximum atomic E-state index is 9.18. The van der Waals surface area contributed by atoms with E-state index < -0.39 is 0 Å². The molecule has 0 aliphatic heterocycles. The molecule has 0 aliphatic rings. The van der Waals surface area contributed by atoms with E-state index in [0.29, 0.717) is 0 Å². The van der Waals surface area contributed by atoms with Crippen molar-refractivity contribution in [3.05, 3.63) is 47.0 Å². The Kier molecular flexibility index (Phi) is 4.18. The summed E-state index contributed by atoms with van der Waals surface area (Å²) >= 11 is 3.29. The quantitative estimate of drug-likeness (QED) is 0.783. The summed E-state index contributed by atoms with van der Waals surface area (Å²) in [7, 11) is 0. The molecule has 1 atom stereocenters. The Morgan fingerprint density at radius 3 is 2.76 bits per heavy atom. The highest BCUT2D eigenvalue weighted by Gasteiger charge is 2.11. The molecular formula is C13H12N2S2. The van der Waals surface area contributed by atoms with Gasteiger partial charge in [-0.15, -0.1) is 11.3 Å². The molecule has 0 bridgehead atoms. The van der Waals surface area contributed by atoms with Crippen LogP contribution >= 0.6 is 23.1 Å². The smallest absolute Gasteiger partial charge is 0.150 e. The zero-order valence-electron chi connectivity index (χ0n) is 9.46. The molecule has 4 heteroatoms. The van der Waals surface area contributed by atoms with Crippen LogP contribution in [0.25, 0.3) is 0 Å². The predicted octanol–water partition coefficient (Wildman–Crippen LogP) is 3.85. The van der Waals surface area contributed by atoms with Gasteiger partial charge in [0.1, 0.15) is 4.34 Å². The number of hydrogen-bond donors (Lipinski definition) is 0. The van der Waals surface area contributed by atoms with E-state index in [2.05, 4.69) is 11.1 Å². The number of nitrogens with zero attached hydrogens (tertiary/aromatic N) is 2. The molecule has 1 unspecified atom stereocenters. The number of hydrogen-bond acceptors (Lipinski definition) is 4. The van der Waals surface area contributed by atoms with E-state index >= 15 is 0 Å². The van der Waals surface area contributed by atoms with Crippen LogP contribution in [0.1, 0.15) is 17.2 Å². The minimum atomic E-state index is -0.0644. The summed E-state index contributed by atoms with van der Waals surface area (Å²) in [5, 5.41) is 11.2. The molecule has 0 saturated heterocycles. The first-order chi connectivity index (χ1) is 8.29. The molecule has 2 aromatic rings. The molecule has 2 nitrogen and oxygen atoms in total. The van der Waals surface area contributed by atoms with E-state index in [0.717, 1.165) is 21.3 Å². The first-order valence-electron chi connectivity index (χ1n) is 5.29. The third-order valence-corrected chi connectivity index (χ3v) is 4.56. The van der Waals surface area contributed by atoms with Crippen molar-refractivity contribution in [2.75, 3.05) is 5.75 Å². The maximum Gasteiger partial charge on any atom is 0.150 e. The maximum absolute atomic E-state index is 9.18. The minimum Gasteiger partial charge on any atom is -0.235 e. The molecular weight excluding hydrogens is 248 g/mol. The van der Waals surface area contributed by atoms with Gasteiger partial charge in [-0.1, -0.05) is 42.1 Å². The van der Waals surface area contributed by atoms with Gasteiger partial charge in [0.15, 0.2) is 0 Å². The third-order valence-electron chi connectivity index (χ3n) is 2.33. The van der Waals surface area contributed by atoms with Crippen molar-refractivity contribution in [1.82, 2.24) is 4.98 Å². The van der Waals surface area contributed by atoms with Crippen LogP contribution < -0.4 is 0 Å². The average molecular weight is 260 g/mol. The lowest BCUT2D eigenvalue weighted by Gasteiger charge is -2.07. The van der Waals surface area contributed by atoms with Gasteiger partial charge in [-0.25, -0.2) is 4.98 Å². The zero-order chi connectivity index (χ0) is 12.1. The highest BCUT2D eigenvalue weighted by atomic mass is 32.2. The summed E-state index contributed by atoms with van der Waals surface area (Å²) in [5.41, 5.74) is 2.13. The first-order valence-corrected chi connectivity index (χ1v) is 7.15. The molecule has 0 saturated carbocycles. The van der Waals surface area contributed by atoms with Gasteiger partial charge >= 0.3 is 0 Å². The molecule has 0 N–H and O–H groups in total. The molecule has 1 heterocycles. The monoisotopic (exact) mass is 260 g/mol. The lowest BCUT2D eigenvalue weighted by Crippen LogP contribution is -1.98. The molecule has 2 rings (SSSR count). The molecule has 0 fully saturated rings. The molecule has 0 radical (unpaired) electrons. The fourth-order valence-electron chi connectivity index (χ4n) is 1.45. The van der Waals surface area contributed by atoms with Crippen molar-refractivity contribution < 1.29 is 0 Å². The fourth-order valence-corrected chi connectivity index (χ4v) is 3.37. The van der Waals surface area contributed by atoms with Crippen molar-refractivity contribution in [3.63, 3.8) is 0 Å².